The van der Waals surface area contributed by atoms with Crippen molar-refractivity contribution in [2.75, 3.05) is 11.9 Å². The van der Waals surface area contributed by atoms with Gasteiger partial charge in [0.25, 0.3) is 0 Å². The second-order valence-electron chi connectivity index (χ2n) is 5.18. The molecule has 0 bridgehead atoms. The fraction of sp³-hybridized carbons (Fsp3) is 0.267. The highest BCUT2D eigenvalue weighted by molar-refractivity contribution is 7.89. The first-order valence-electron chi connectivity index (χ1n) is 6.53. The van der Waals surface area contributed by atoms with Crippen LogP contribution in [-0.4, -0.2) is 20.4 Å². The summed E-state index contributed by atoms with van der Waals surface area (Å²) in [6.45, 7) is 4.84. The zero-order valence-corrected chi connectivity index (χ0v) is 13.2. The molecule has 1 aromatic carbocycles. The normalized spacial score (nSPS) is 11.4. The Morgan fingerprint density at radius 3 is 2.43 bits per heavy atom. The molecule has 112 valence electrons. The van der Waals surface area contributed by atoms with Gasteiger partial charge in [0.05, 0.1) is 0 Å². The summed E-state index contributed by atoms with van der Waals surface area (Å²) >= 11 is 0. The number of pyridine rings is 1. The van der Waals surface area contributed by atoms with Gasteiger partial charge in [-0.1, -0.05) is 23.8 Å². The summed E-state index contributed by atoms with van der Waals surface area (Å²) in [7, 11) is -1.78. The number of rotatable bonds is 4. The number of aromatic nitrogens is 1. The molecule has 0 unspecified atom stereocenters. The molecule has 0 aliphatic rings. The van der Waals surface area contributed by atoms with Crippen LogP contribution in [0.5, 0.6) is 0 Å². The summed E-state index contributed by atoms with van der Waals surface area (Å²) in [6, 6.07) is 9.44. The van der Waals surface area contributed by atoms with E-state index in [0.29, 0.717) is 12.4 Å². The van der Waals surface area contributed by atoms with Crippen molar-refractivity contribution in [2.24, 2.45) is 5.14 Å². The van der Waals surface area contributed by atoms with E-state index in [1.807, 2.05) is 11.9 Å². The molecule has 1 heterocycles. The molecule has 0 atom stereocenters. The number of aryl methyl sites for hydroxylation is 2. The molecule has 0 fully saturated rings. The van der Waals surface area contributed by atoms with Crippen molar-refractivity contribution in [1.29, 1.82) is 0 Å². The van der Waals surface area contributed by atoms with Gasteiger partial charge in [0.1, 0.15) is 10.7 Å². The van der Waals surface area contributed by atoms with E-state index in [-0.39, 0.29) is 4.90 Å². The van der Waals surface area contributed by atoms with Crippen LogP contribution in [0.3, 0.4) is 0 Å². The Hall–Kier alpha value is -1.92. The standard InChI is InChI=1S/C15H19N3O2S/c1-11-4-5-13(12(2)8-11)10-18(3)15-7-6-14(9-17-15)21(16,19)20/h4-9H,10H2,1-3H3,(H2,16,19,20). The topological polar surface area (TPSA) is 76.3 Å². The molecule has 0 aliphatic heterocycles. The van der Waals surface area contributed by atoms with Gasteiger partial charge in [-0.25, -0.2) is 18.5 Å². The molecule has 0 aliphatic carbocycles. The Bertz CT molecular complexity index is 740. The lowest BCUT2D eigenvalue weighted by Gasteiger charge is -2.19. The van der Waals surface area contributed by atoms with Gasteiger partial charge in [0.2, 0.25) is 10.0 Å². The van der Waals surface area contributed by atoms with Crippen molar-refractivity contribution < 1.29 is 8.42 Å². The predicted octanol–water partition coefficient (Wildman–Crippen LogP) is 1.98. The fourth-order valence-electron chi connectivity index (χ4n) is 2.13. The summed E-state index contributed by atoms with van der Waals surface area (Å²) in [5.74, 6) is 0.697. The maximum Gasteiger partial charge on any atom is 0.239 e. The van der Waals surface area contributed by atoms with Crippen molar-refractivity contribution in [3.05, 3.63) is 53.2 Å². The van der Waals surface area contributed by atoms with Crippen LogP contribution in [0.25, 0.3) is 0 Å². The SMILES string of the molecule is Cc1ccc(CN(C)c2ccc(S(N)(=O)=O)cn2)c(C)c1. The van der Waals surface area contributed by atoms with Crippen LogP contribution in [0, 0.1) is 13.8 Å². The van der Waals surface area contributed by atoms with Gasteiger partial charge in [-0.3, -0.25) is 0 Å². The minimum Gasteiger partial charge on any atom is -0.355 e. The van der Waals surface area contributed by atoms with Crippen molar-refractivity contribution in [1.82, 2.24) is 4.98 Å². The molecule has 2 rings (SSSR count). The maximum absolute atomic E-state index is 11.2. The quantitative estimate of drug-likeness (QED) is 0.937. The van der Waals surface area contributed by atoms with Crippen LogP contribution < -0.4 is 10.0 Å². The van der Waals surface area contributed by atoms with Gasteiger partial charge in [0.15, 0.2) is 0 Å². The Balaban J connectivity index is 2.18. The van der Waals surface area contributed by atoms with Crippen molar-refractivity contribution in [2.45, 2.75) is 25.3 Å². The molecule has 2 aromatic rings. The monoisotopic (exact) mass is 305 g/mol. The van der Waals surface area contributed by atoms with Gasteiger partial charge in [-0.2, -0.15) is 0 Å². The Morgan fingerprint density at radius 2 is 1.90 bits per heavy atom. The molecule has 2 N–H and O–H groups in total. The average molecular weight is 305 g/mol. The highest BCUT2D eigenvalue weighted by Crippen LogP contribution is 2.17. The first-order chi connectivity index (χ1) is 9.77. The highest BCUT2D eigenvalue weighted by Gasteiger charge is 2.10. The van der Waals surface area contributed by atoms with E-state index in [2.05, 4.69) is 37.0 Å². The molecule has 0 radical (unpaired) electrons. The van der Waals surface area contributed by atoms with Crippen LogP contribution in [0.4, 0.5) is 5.82 Å². The van der Waals surface area contributed by atoms with E-state index in [0.717, 1.165) is 0 Å². The van der Waals surface area contributed by atoms with Crippen LogP contribution in [0.2, 0.25) is 0 Å². The third-order valence-corrected chi connectivity index (χ3v) is 4.24. The molecule has 21 heavy (non-hydrogen) atoms. The van der Waals surface area contributed by atoms with Gasteiger partial charge >= 0.3 is 0 Å². The number of hydrogen-bond acceptors (Lipinski definition) is 4. The molecule has 1 aromatic heterocycles. The summed E-state index contributed by atoms with van der Waals surface area (Å²) in [5, 5.41) is 5.06. The number of nitrogens with two attached hydrogens (primary N) is 1. The maximum atomic E-state index is 11.2. The molecule has 0 saturated carbocycles. The lowest BCUT2D eigenvalue weighted by atomic mass is 10.1. The molecule has 0 saturated heterocycles. The molecule has 0 spiro atoms. The van der Waals surface area contributed by atoms with Crippen LogP contribution in [0.1, 0.15) is 16.7 Å². The predicted molar refractivity (Wildman–Crippen MR) is 83.6 cm³/mol. The summed E-state index contributed by atoms with van der Waals surface area (Å²) < 4.78 is 22.4. The first kappa shape index (κ1) is 15.5. The van der Waals surface area contributed by atoms with E-state index in [1.165, 1.54) is 29.0 Å². The molecular formula is C15H19N3O2S. The summed E-state index contributed by atoms with van der Waals surface area (Å²) in [4.78, 5) is 6.14. The van der Waals surface area contributed by atoms with E-state index in [4.69, 9.17) is 5.14 Å². The highest BCUT2D eigenvalue weighted by atomic mass is 32.2. The second kappa shape index (κ2) is 5.83. The van der Waals surface area contributed by atoms with Gasteiger partial charge in [-0.05, 0) is 37.1 Å². The van der Waals surface area contributed by atoms with Crippen LogP contribution >= 0.6 is 0 Å². The Labute approximate surface area is 125 Å². The molecular weight excluding hydrogens is 286 g/mol. The summed E-state index contributed by atoms with van der Waals surface area (Å²) in [6.07, 6.45) is 1.28. The third kappa shape index (κ3) is 3.80. The molecule has 5 nitrogen and oxygen atoms in total. The number of sulfonamides is 1. The molecule has 0 amide bonds. The Morgan fingerprint density at radius 1 is 1.19 bits per heavy atom. The van der Waals surface area contributed by atoms with Crippen LogP contribution in [0.15, 0.2) is 41.4 Å². The van der Waals surface area contributed by atoms with Gasteiger partial charge < -0.3 is 4.90 Å². The lowest BCUT2D eigenvalue weighted by molar-refractivity contribution is 0.597. The third-order valence-electron chi connectivity index (χ3n) is 3.35. The fourth-order valence-corrected chi connectivity index (χ4v) is 2.58. The van der Waals surface area contributed by atoms with E-state index >= 15 is 0 Å². The second-order valence-corrected chi connectivity index (χ2v) is 6.74. The molecule has 6 heteroatoms. The van der Waals surface area contributed by atoms with Crippen molar-refractivity contribution in [3.8, 4) is 0 Å². The zero-order valence-electron chi connectivity index (χ0n) is 12.4. The average Bonchev–Trinajstić information content (AvgIpc) is 2.41. The number of benzene rings is 1. The minimum absolute atomic E-state index is 0.0196. The Kier molecular flexibility index (Phi) is 4.29. The van der Waals surface area contributed by atoms with E-state index < -0.39 is 10.0 Å². The number of anilines is 1. The number of primary sulfonamides is 1. The van der Waals surface area contributed by atoms with Crippen LogP contribution in [-0.2, 0) is 16.6 Å². The number of hydrogen-bond donors (Lipinski definition) is 1. The smallest absolute Gasteiger partial charge is 0.239 e. The zero-order chi connectivity index (χ0) is 15.6. The van der Waals surface area contributed by atoms with Crippen molar-refractivity contribution in [3.63, 3.8) is 0 Å². The van der Waals surface area contributed by atoms with Crippen molar-refractivity contribution >= 4 is 15.8 Å². The van der Waals surface area contributed by atoms with Gasteiger partial charge in [0, 0.05) is 19.8 Å². The van der Waals surface area contributed by atoms with E-state index in [1.54, 1.807) is 6.07 Å². The lowest BCUT2D eigenvalue weighted by Crippen LogP contribution is -2.19. The largest absolute Gasteiger partial charge is 0.355 e. The first-order valence-corrected chi connectivity index (χ1v) is 8.08. The minimum atomic E-state index is -3.70. The number of nitrogens with zero attached hydrogens (tertiary/aromatic N) is 2. The van der Waals surface area contributed by atoms with E-state index in [9.17, 15) is 8.42 Å². The summed E-state index contributed by atoms with van der Waals surface area (Å²) in [5.41, 5.74) is 3.66. The van der Waals surface area contributed by atoms with Gasteiger partial charge in [-0.15, -0.1) is 0 Å².